The Balaban J connectivity index is 2.19. The molecule has 0 aliphatic heterocycles. The van der Waals surface area contributed by atoms with E-state index in [1.807, 2.05) is 6.92 Å². The van der Waals surface area contributed by atoms with Crippen LogP contribution in [-0.2, 0) is 0 Å². The summed E-state index contributed by atoms with van der Waals surface area (Å²) in [6.45, 7) is 1.88. The molecule has 1 heterocycles. The standard InChI is InChI=1S/C15H12N4O2S/c1-9-8-10(18-21)2-7-13(9)14-16-17-15(22)19(14)11-3-5-12(20)6-4-11/h2-8,20H,1H3,(H,17,22). The molecule has 0 spiro atoms. The lowest BCUT2D eigenvalue weighted by Crippen LogP contribution is -1.98. The van der Waals surface area contributed by atoms with E-state index in [-0.39, 0.29) is 5.75 Å². The van der Waals surface area contributed by atoms with Crippen molar-refractivity contribution in [2.45, 2.75) is 6.92 Å². The molecule has 6 nitrogen and oxygen atoms in total. The van der Waals surface area contributed by atoms with Crippen LogP contribution in [-0.4, -0.2) is 19.9 Å². The first-order chi connectivity index (χ1) is 10.6. The lowest BCUT2D eigenvalue weighted by molar-refractivity contribution is 0.475. The van der Waals surface area contributed by atoms with Gasteiger partial charge in [-0.2, -0.15) is 5.10 Å². The normalized spacial score (nSPS) is 10.6. The molecule has 0 fully saturated rings. The molecule has 0 atom stereocenters. The quantitative estimate of drug-likeness (QED) is 0.565. The predicted octanol–water partition coefficient (Wildman–Crippen LogP) is 4.01. The molecule has 3 aromatic rings. The second-order valence-corrected chi connectivity index (χ2v) is 5.18. The number of phenolic OH excluding ortho intramolecular Hbond substituents is 1. The van der Waals surface area contributed by atoms with E-state index in [1.165, 1.54) is 0 Å². The lowest BCUT2D eigenvalue weighted by Gasteiger charge is -2.09. The SMILES string of the molecule is Cc1cc(N=O)ccc1-c1n[nH]c(=S)n1-c1ccc(O)cc1. The highest BCUT2D eigenvalue weighted by molar-refractivity contribution is 7.71. The third-order valence-corrected chi connectivity index (χ3v) is 3.61. The van der Waals surface area contributed by atoms with Crippen LogP contribution in [0, 0.1) is 16.6 Å². The molecular formula is C15H12N4O2S. The van der Waals surface area contributed by atoms with E-state index in [4.69, 9.17) is 12.2 Å². The average Bonchev–Trinajstić information content (AvgIpc) is 2.89. The van der Waals surface area contributed by atoms with Crippen LogP contribution in [0.15, 0.2) is 47.6 Å². The van der Waals surface area contributed by atoms with Gasteiger partial charge in [-0.1, -0.05) is 0 Å². The van der Waals surface area contributed by atoms with Gasteiger partial charge >= 0.3 is 0 Å². The zero-order chi connectivity index (χ0) is 15.7. The number of aromatic amines is 1. The van der Waals surface area contributed by atoms with Gasteiger partial charge in [-0.05, 0) is 72.3 Å². The van der Waals surface area contributed by atoms with E-state index >= 15 is 0 Å². The van der Waals surface area contributed by atoms with Crippen LogP contribution in [0.3, 0.4) is 0 Å². The summed E-state index contributed by atoms with van der Waals surface area (Å²) < 4.78 is 2.21. The van der Waals surface area contributed by atoms with Crippen LogP contribution >= 0.6 is 12.2 Å². The number of hydrogen-bond donors (Lipinski definition) is 2. The molecule has 1 aromatic heterocycles. The molecule has 0 saturated carbocycles. The topological polar surface area (TPSA) is 83.3 Å². The monoisotopic (exact) mass is 312 g/mol. The number of hydrogen-bond acceptors (Lipinski definition) is 5. The molecule has 22 heavy (non-hydrogen) atoms. The minimum absolute atomic E-state index is 0.179. The Morgan fingerprint density at radius 1 is 1.23 bits per heavy atom. The summed E-state index contributed by atoms with van der Waals surface area (Å²) in [6.07, 6.45) is 0. The Kier molecular flexibility index (Phi) is 3.56. The van der Waals surface area contributed by atoms with E-state index in [0.29, 0.717) is 16.3 Å². The van der Waals surface area contributed by atoms with Gasteiger partial charge in [0.1, 0.15) is 11.4 Å². The second-order valence-electron chi connectivity index (χ2n) is 4.79. The summed E-state index contributed by atoms with van der Waals surface area (Å²) >= 11 is 5.29. The highest BCUT2D eigenvalue weighted by Gasteiger charge is 2.13. The van der Waals surface area contributed by atoms with Crippen LogP contribution in [0.25, 0.3) is 17.1 Å². The molecule has 0 bridgehead atoms. The van der Waals surface area contributed by atoms with Crippen molar-refractivity contribution in [3.8, 4) is 22.8 Å². The molecule has 0 amide bonds. The van der Waals surface area contributed by atoms with Crippen LogP contribution in [0.1, 0.15) is 5.56 Å². The van der Waals surface area contributed by atoms with Crippen molar-refractivity contribution in [2.75, 3.05) is 0 Å². The maximum atomic E-state index is 10.6. The molecule has 2 aromatic carbocycles. The van der Waals surface area contributed by atoms with Gasteiger partial charge in [0.15, 0.2) is 10.6 Å². The molecule has 7 heteroatoms. The van der Waals surface area contributed by atoms with Crippen molar-refractivity contribution < 1.29 is 5.11 Å². The summed E-state index contributed by atoms with van der Waals surface area (Å²) in [5, 5.41) is 19.4. The van der Waals surface area contributed by atoms with Gasteiger partial charge in [-0.3, -0.25) is 9.67 Å². The van der Waals surface area contributed by atoms with Crippen molar-refractivity contribution in [2.24, 2.45) is 5.18 Å². The molecule has 2 N–H and O–H groups in total. The van der Waals surface area contributed by atoms with Gasteiger partial charge in [0.25, 0.3) is 0 Å². The molecule has 0 saturated heterocycles. The highest BCUT2D eigenvalue weighted by Crippen LogP contribution is 2.28. The van der Waals surface area contributed by atoms with Crippen molar-refractivity contribution in [3.05, 3.63) is 57.7 Å². The van der Waals surface area contributed by atoms with Crippen molar-refractivity contribution in [3.63, 3.8) is 0 Å². The second kappa shape index (κ2) is 5.53. The summed E-state index contributed by atoms with van der Waals surface area (Å²) in [5.74, 6) is 0.809. The zero-order valence-corrected chi connectivity index (χ0v) is 12.5. The van der Waals surface area contributed by atoms with Crippen molar-refractivity contribution in [1.82, 2.24) is 14.8 Å². The smallest absolute Gasteiger partial charge is 0.200 e. The van der Waals surface area contributed by atoms with Crippen molar-refractivity contribution in [1.29, 1.82) is 0 Å². The number of aryl methyl sites for hydroxylation is 1. The number of nitroso groups, excluding NO2 is 1. The van der Waals surface area contributed by atoms with Crippen LogP contribution < -0.4 is 0 Å². The molecule has 0 radical (unpaired) electrons. The number of aromatic hydroxyl groups is 1. The molecule has 110 valence electrons. The lowest BCUT2D eigenvalue weighted by atomic mass is 10.1. The third-order valence-electron chi connectivity index (χ3n) is 3.34. The first kappa shape index (κ1) is 14.2. The molecule has 0 aliphatic rings. The van der Waals surface area contributed by atoms with Crippen LogP contribution in [0.4, 0.5) is 5.69 Å². The van der Waals surface area contributed by atoms with E-state index in [2.05, 4.69) is 15.4 Å². The van der Waals surface area contributed by atoms with E-state index in [1.54, 1.807) is 47.0 Å². The van der Waals surface area contributed by atoms with Gasteiger partial charge in [-0.25, -0.2) is 0 Å². The fourth-order valence-corrected chi connectivity index (χ4v) is 2.51. The molecule has 0 unspecified atom stereocenters. The highest BCUT2D eigenvalue weighted by atomic mass is 32.1. The Morgan fingerprint density at radius 3 is 2.59 bits per heavy atom. The fourth-order valence-electron chi connectivity index (χ4n) is 2.27. The van der Waals surface area contributed by atoms with Crippen molar-refractivity contribution >= 4 is 17.9 Å². The Labute approximate surface area is 131 Å². The number of aromatic nitrogens is 3. The fraction of sp³-hybridized carbons (Fsp3) is 0.0667. The number of H-pyrrole nitrogens is 1. The summed E-state index contributed by atoms with van der Waals surface area (Å²) in [5.41, 5.74) is 2.86. The first-order valence-electron chi connectivity index (χ1n) is 6.51. The maximum Gasteiger partial charge on any atom is 0.200 e. The Morgan fingerprint density at radius 2 is 1.95 bits per heavy atom. The summed E-state index contributed by atoms with van der Waals surface area (Å²) in [4.78, 5) is 10.6. The summed E-state index contributed by atoms with van der Waals surface area (Å²) in [7, 11) is 0. The number of phenols is 1. The van der Waals surface area contributed by atoms with E-state index < -0.39 is 0 Å². The van der Waals surface area contributed by atoms with Gasteiger partial charge in [0.05, 0.1) is 5.69 Å². The number of benzene rings is 2. The number of nitrogens with one attached hydrogen (secondary N) is 1. The predicted molar refractivity (Wildman–Crippen MR) is 86.0 cm³/mol. The molecule has 0 aliphatic carbocycles. The minimum atomic E-state index is 0.179. The van der Waals surface area contributed by atoms with Gasteiger partial charge < -0.3 is 5.11 Å². The van der Waals surface area contributed by atoms with E-state index in [9.17, 15) is 10.0 Å². The summed E-state index contributed by atoms with van der Waals surface area (Å²) in [6, 6.07) is 11.8. The first-order valence-corrected chi connectivity index (χ1v) is 6.92. The number of nitrogens with zero attached hydrogens (tertiary/aromatic N) is 3. The average molecular weight is 312 g/mol. The van der Waals surface area contributed by atoms with Gasteiger partial charge in [0, 0.05) is 5.56 Å². The largest absolute Gasteiger partial charge is 0.508 e. The third kappa shape index (κ3) is 2.42. The van der Waals surface area contributed by atoms with Gasteiger partial charge in [0.2, 0.25) is 0 Å². The van der Waals surface area contributed by atoms with Crippen LogP contribution in [0.2, 0.25) is 0 Å². The maximum absolute atomic E-state index is 10.6. The molecule has 3 rings (SSSR count). The minimum Gasteiger partial charge on any atom is -0.508 e. The zero-order valence-electron chi connectivity index (χ0n) is 11.6. The van der Waals surface area contributed by atoms with Gasteiger partial charge in [-0.15, -0.1) is 4.91 Å². The number of rotatable bonds is 3. The Hall–Kier alpha value is -2.80. The van der Waals surface area contributed by atoms with E-state index in [0.717, 1.165) is 16.8 Å². The Bertz CT molecular complexity index is 897. The van der Waals surface area contributed by atoms with Crippen LogP contribution in [0.5, 0.6) is 5.75 Å². The molecular weight excluding hydrogens is 300 g/mol.